The molecular weight excluding hydrogens is 508 g/mol. The van der Waals surface area contributed by atoms with Crippen LogP contribution in [0.3, 0.4) is 0 Å². The summed E-state index contributed by atoms with van der Waals surface area (Å²) in [5, 5.41) is 12.3. The lowest BCUT2D eigenvalue weighted by Crippen LogP contribution is -2.38. The largest absolute Gasteiger partial charge is 0.397 e. The molecule has 38 heavy (non-hydrogen) atoms. The third-order valence-corrected chi connectivity index (χ3v) is 6.59. The summed E-state index contributed by atoms with van der Waals surface area (Å²) < 4.78 is 9.69. The standard InChI is InChI=1S/C26H20N6O5S/c27-18-8-7-17(20-2-1-13-38-20)14-19(18)29-25(34)16-5-3-15(4-6-16)23(24(28)33)26(35)32(21-9-11-36-30-21)22-10-12-37-31-22/h1-14,23H,27H2,(H2,28,33)(H,29,34). The van der Waals surface area contributed by atoms with Gasteiger partial charge in [0.25, 0.3) is 11.8 Å². The van der Waals surface area contributed by atoms with Gasteiger partial charge in [0.15, 0.2) is 11.6 Å². The molecule has 5 rings (SSSR count). The maximum Gasteiger partial charge on any atom is 0.255 e. The number of nitrogen functional groups attached to an aromatic ring is 1. The van der Waals surface area contributed by atoms with E-state index in [1.807, 2.05) is 23.6 Å². The van der Waals surface area contributed by atoms with Crippen LogP contribution in [0, 0.1) is 0 Å². The zero-order chi connectivity index (χ0) is 26.6. The van der Waals surface area contributed by atoms with Gasteiger partial charge in [0.1, 0.15) is 18.4 Å². The Morgan fingerprint density at radius 3 is 2.16 bits per heavy atom. The molecule has 3 amide bonds. The minimum Gasteiger partial charge on any atom is -0.397 e. The fraction of sp³-hybridized carbons (Fsp3) is 0.0385. The zero-order valence-electron chi connectivity index (χ0n) is 19.6. The second kappa shape index (κ2) is 10.4. The Morgan fingerprint density at radius 1 is 0.921 bits per heavy atom. The predicted octanol–water partition coefficient (Wildman–Crippen LogP) is 4.16. The Hall–Kier alpha value is -5.23. The maximum absolute atomic E-state index is 13.5. The van der Waals surface area contributed by atoms with Crippen LogP contribution in [0.5, 0.6) is 0 Å². The predicted molar refractivity (Wildman–Crippen MR) is 141 cm³/mol. The highest BCUT2D eigenvalue weighted by Gasteiger charge is 2.35. The van der Waals surface area contributed by atoms with Gasteiger partial charge in [0.2, 0.25) is 5.91 Å². The Balaban J connectivity index is 1.38. The number of nitrogens with zero attached hydrogens (tertiary/aromatic N) is 3. The molecule has 3 heterocycles. The molecule has 1 unspecified atom stereocenters. The fourth-order valence-electron chi connectivity index (χ4n) is 3.83. The number of nitrogens with one attached hydrogen (secondary N) is 1. The van der Waals surface area contributed by atoms with Gasteiger partial charge in [-0.3, -0.25) is 14.4 Å². The van der Waals surface area contributed by atoms with Crippen LogP contribution in [0.25, 0.3) is 10.4 Å². The first-order chi connectivity index (χ1) is 18.4. The summed E-state index contributed by atoms with van der Waals surface area (Å²) in [6.07, 6.45) is 2.54. The van der Waals surface area contributed by atoms with Crippen molar-refractivity contribution in [3.8, 4) is 10.4 Å². The number of rotatable bonds is 8. The van der Waals surface area contributed by atoms with Crippen LogP contribution in [-0.2, 0) is 9.59 Å². The lowest BCUT2D eigenvalue weighted by molar-refractivity contribution is -0.128. The van der Waals surface area contributed by atoms with Gasteiger partial charge in [-0.2, -0.15) is 0 Å². The van der Waals surface area contributed by atoms with Crippen LogP contribution in [0.2, 0.25) is 0 Å². The van der Waals surface area contributed by atoms with Gasteiger partial charge in [-0.25, -0.2) is 4.90 Å². The molecule has 11 nitrogen and oxygen atoms in total. The van der Waals surface area contributed by atoms with Crippen LogP contribution in [0.15, 0.2) is 93.7 Å². The summed E-state index contributed by atoms with van der Waals surface area (Å²) in [7, 11) is 0. The second-order valence-electron chi connectivity index (χ2n) is 8.08. The first kappa shape index (κ1) is 24.5. The molecule has 190 valence electrons. The minimum atomic E-state index is -1.40. The van der Waals surface area contributed by atoms with Crippen LogP contribution in [0.4, 0.5) is 23.0 Å². The van der Waals surface area contributed by atoms with Gasteiger partial charge in [-0.1, -0.05) is 34.6 Å². The molecule has 0 aliphatic carbocycles. The highest BCUT2D eigenvalue weighted by atomic mass is 32.1. The quantitative estimate of drug-likeness (QED) is 0.199. The van der Waals surface area contributed by atoms with Crippen LogP contribution < -0.4 is 21.7 Å². The van der Waals surface area contributed by atoms with Crippen molar-refractivity contribution < 1.29 is 23.4 Å². The molecule has 0 aliphatic heterocycles. The molecule has 0 radical (unpaired) electrons. The number of hydrogen-bond acceptors (Lipinski definition) is 9. The van der Waals surface area contributed by atoms with Crippen LogP contribution in [0.1, 0.15) is 21.8 Å². The summed E-state index contributed by atoms with van der Waals surface area (Å²) in [4.78, 5) is 40.9. The van der Waals surface area contributed by atoms with E-state index in [4.69, 9.17) is 20.5 Å². The SMILES string of the molecule is NC(=O)C(C(=O)N(c1ccon1)c1ccon1)c1ccc(C(=O)Nc2cc(-c3cccs3)ccc2N)cc1. The summed E-state index contributed by atoms with van der Waals surface area (Å²) >= 11 is 1.57. The maximum atomic E-state index is 13.5. The number of aromatic nitrogens is 2. The van der Waals surface area contributed by atoms with Crippen molar-refractivity contribution in [2.75, 3.05) is 16.0 Å². The lowest BCUT2D eigenvalue weighted by Gasteiger charge is -2.21. The number of benzene rings is 2. The number of hydrogen-bond donors (Lipinski definition) is 3. The molecule has 1 atom stereocenters. The van der Waals surface area contributed by atoms with Gasteiger partial charge in [-0.05, 0) is 46.8 Å². The molecule has 5 N–H and O–H groups in total. The number of primary amides is 1. The van der Waals surface area contributed by atoms with Gasteiger partial charge in [0.05, 0.1) is 11.4 Å². The van der Waals surface area contributed by atoms with Crippen molar-refractivity contribution >= 4 is 52.1 Å². The zero-order valence-corrected chi connectivity index (χ0v) is 20.4. The van der Waals surface area contributed by atoms with E-state index in [0.717, 1.165) is 15.3 Å². The summed E-state index contributed by atoms with van der Waals surface area (Å²) in [6.45, 7) is 0. The Labute approximate surface area is 219 Å². The average Bonchev–Trinajstić information content (AvgIpc) is 3.70. The topological polar surface area (TPSA) is 171 Å². The Kier molecular flexibility index (Phi) is 6.70. The van der Waals surface area contributed by atoms with E-state index >= 15 is 0 Å². The van der Waals surface area contributed by atoms with Crippen LogP contribution in [-0.4, -0.2) is 28.0 Å². The summed E-state index contributed by atoms with van der Waals surface area (Å²) in [6, 6.07) is 18.1. The normalized spacial score (nSPS) is 11.6. The van der Waals surface area contributed by atoms with Crippen molar-refractivity contribution in [2.45, 2.75) is 5.92 Å². The van der Waals surface area contributed by atoms with Crippen molar-refractivity contribution in [1.29, 1.82) is 0 Å². The van der Waals surface area contributed by atoms with Gasteiger partial charge >= 0.3 is 0 Å². The third kappa shape index (κ3) is 4.88. The smallest absolute Gasteiger partial charge is 0.255 e. The molecule has 5 aromatic rings. The van der Waals surface area contributed by atoms with E-state index in [2.05, 4.69) is 15.6 Å². The fourth-order valence-corrected chi connectivity index (χ4v) is 4.55. The third-order valence-electron chi connectivity index (χ3n) is 5.67. The van der Waals surface area contributed by atoms with E-state index in [0.29, 0.717) is 11.4 Å². The monoisotopic (exact) mass is 528 g/mol. The molecule has 0 fully saturated rings. The van der Waals surface area contributed by atoms with E-state index in [9.17, 15) is 14.4 Å². The van der Waals surface area contributed by atoms with Crippen molar-refractivity contribution in [3.05, 3.63) is 95.8 Å². The summed E-state index contributed by atoms with van der Waals surface area (Å²) in [5.74, 6) is -3.26. The first-order valence-corrected chi connectivity index (χ1v) is 12.1. The van der Waals surface area contributed by atoms with Crippen LogP contribution >= 0.6 is 11.3 Å². The van der Waals surface area contributed by atoms with E-state index in [1.165, 1.54) is 48.9 Å². The van der Waals surface area contributed by atoms with E-state index in [1.54, 1.807) is 23.5 Å². The number of thiophene rings is 1. The Morgan fingerprint density at radius 2 is 1.61 bits per heavy atom. The van der Waals surface area contributed by atoms with Gasteiger partial charge in [0, 0.05) is 22.6 Å². The molecular formula is C26H20N6O5S. The van der Waals surface area contributed by atoms with Gasteiger partial charge < -0.3 is 25.8 Å². The number of anilines is 4. The molecule has 3 aromatic heterocycles. The molecule has 0 saturated carbocycles. The van der Waals surface area contributed by atoms with E-state index in [-0.39, 0.29) is 22.8 Å². The molecule has 0 spiro atoms. The van der Waals surface area contributed by atoms with E-state index < -0.39 is 23.6 Å². The number of nitrogens with two attached hydrogens (primary N) is 2. The highest BCUT2D eigenvalue weighted by molar-refractivity contribution is 7.13. The second-order valence-corrected chi connectivity index (χ2v) is 9.03. The average molecular weight is 529 g/mol. The highest BCUT2D eigenvalue weighted by Crippen LogP contribution is 2.31. The number of carbonyl (C=O) groups is 3. The molecule has 2 aromatic carbocycles. The van der Waals surface area contributed by atoms with Crippen molar-refractivity contribution in [2.24, 2.45) is 5.73 Å². The van der Waals surface area contributed by atoms with Crippen molar-refractivity contribution in [1.82, 2.24) is 10.3 Å². The summed E-state index contributed by atoms with van der Waals surface area (Å²) in [5.41, 5.74) is 14.1. The minimum absolute atomic E-state index is 0.0912. The molecule has 0 saturated heterocycles. The Bertz CT molecular complexity index is 1530. The van der Waals surface area contributed by atoms with Crippen molar-refractivity contribution in [3.63, 3.8) is 0 Å². The molecule has 12 heteroatoms. The molecule has 0 bridgehead atoms. The first-order valence-electron chi connectivity index (χ1n) is 11.2. The lowest BCUT2D eigenvalue weighted by atomic mass is 9.95. The van der Waals surface area contributed by atoms with Gasteiger partial charge in [-0.15, -0.1) is 11.3 Å². The number of carbonyl (C=O) groups excluding carboxylic acids is 3. The number of amides is 3. The molecule has 0 aliphatic rings.